The lowest BCUT2D eigenvalue weighted by molar-refractivity contribution is -0.548. The Morgan fingerprint density at radius 1 is 0.967 bits per heavy atom. The molecule has 1 atom stereocenters. The van der Waals surface area contributed by atoms with Gasteiger partial charge in [0.25, 0.3) is 17.8 Å². The van der Waals surface area contributed by atoms with Crippen LogP contribution in [0.5, 0.6) is 0 Å². The van der Waals surface area contributed by atoms with Gasteiger partial charge in [-0.15, -0.1) is 0 Å². The second-order valence-electron chi connectivity index (χ2n) is 7.79. The van der Waals surface area contributed by atoms with E-state index < -0.39 is 6.04 Å². The van der Waals surface area contributed by atoms with Crippen LogP contribution in [0.4, 0.5) is 4.79 Å². The molecule has 1 fully saturated rings. The Kier molecular flexibility index (Phi) is 5.47. The molecule has 2 aromatic rings. The third-order valence-electron chi connectivity index (χ3n) is 5.38. The van der Waals surface area contributed by atoms with Crippen molar-refractivity contribution in [2.45, 2.75) is 32.2 Å². The van der Waals surface area contributed by atoms with Crippen molar-refractivity contribution in [2.24, 2.45) is 4.99 Å². The van der Waals surface area contributed by atoms with Crippen LogP contribution in [0.2, 0.25) is 0 Å². The van der Waals surface area contributed by atoms with E-state index in [9.17, 15) is 9.59 Å². The van der Waals surface area contributed by atoms with Crippen LogP contribution < -0.4 is 0 Å². The summed E-state index contributed by atoms with van der Waals surface area (Å²) < 4.78 is 2.02. The van der Waals surface area contributed by atoms with Gasteiger partial charge in [0.1, 0.15) is 6.54 Å². The van der Waals surface area contributed by atoms with Crippen LogP contribution in [-0.2, 0) is 17.1 Å². The summed E-state index contributed by atoms with van der Waals surface area (Å²) in [6, 6.07) is 15.7. The highest BCUT2D eigenvalue weighted by Crippen LogP contribution is 2.26. The van der Waals surface area contributed by atoms with E-state index in [2.05, 4.69) is 50.2 Å². The second kappa shape index (κ2) is 8.07. The minimum atomic E-state index is -0.585. The first kappa shape index (κ1) is 20.3. The largest absolute Gasteiger partial charge is 0.358 e. The van der Waals surface area contributed by atoms with Crippen LogP contribution in [0.1, 0.15) is 22.3 Å². The van der Waals surface area contributed by atoms with Crippen molar-refractivity contribution in [2.75, 3.05) is 14.1 Å². The molecule has 3 amide bonds. The minimum Gasteiger partial charge on any atom is -0.269 e. The fourth-order valence-electron chi connectivity index (χ4n) is 3.81. The van der Waals surface area contributed by atoms with Crippen LogP contribution >= 0.6 is 11.8 Å². The number of thioether (sulfide) groups is 1. The van der Waals surface area contributed by atoms with E-state index in [1.54, 1.807) is 18.8 Å². The van der Waals surface area contributed by atoms with Gasteiger partial charge in [0, 0.05) is 19.8 Å². The Balaban J connectivity index is 1.70. The van der Waals surface area contributed by atoms with Crippen LogP contribution in [0.3, 0.4) is 0 Å². The quantitative estimate of drug-likeness (QED) is 0.711. The van der Waals surface area contributed by atoms with Crippen molar-refractivity contribution in [1.29, 1.82) is 0 Å². The number of carbonyl (C=O) groups excluding carboxylic acids is 2. The molecule has 0 radical (unpaired) electrons. The number of nitrogens with zero attached hydrogens (tertiary/aromatic N) is 4. The van der Waals surface area contributed by atoms with Gasteiger partial charge < -0.3 is 0 Å². The molecule has 2 aliphatic rings. The van der Waals surface area contributed by atoms with Gasteiger partial charge in [0.2, 0.25) is 0 Å². The van der Waals surface area contributed by atoms with Crippen molar-refractivity contribution in [3.05, 3.63) is 70.8 Å². The number of rotatable bonds is 4. The van der Waals surface area contributed by atoms with E-state index in [0.717, 1.165) is 16.5 Å². The minimum absolute atomic E-state index is 0.240. The van der Waals surface area contributed by atoms with Crippen molar-refractivity contribution < 1.29 is 14.2 Å². The smallest absolute Gasteiger partial charge is 0.269 e. The SMILES string of the molecule is Cc1cccc(CSC2=[N+](Cc3cccc(C)c3)C3C(=O)N(C)C(=O)N(C)C3=N2)c1. The van der Waals surface area contributed by atoms with Gasteiger partial charge in [-0.25, -0.2) is 9.37 Å². The zero-order valence-electron chi connectivity index (χ0n) is 17.6. The average molecular weight is 422 g/mol. The molecule has 2 heterocycles. The topological polar surface area (TPSA) is 56.0 Å². The number of hydrogen-bond donors (Lipinski definition) is 0. The third-order valence-corrected chi connectivity index (χ3v) is 6.44. The molecule has 1 saturated heterocycles. The van der Waals surface area contributed by atoms with E-state index >= 15 is 0 Å². The number of aliphatic imine (C=N–C) groups is 1. The van der Waals surface area contributed by atoms with Gasteiger partial charge in [-0.1, -0.05) is 59.7 Å². The molecule has 2 aromatic carbocycles. The summed E-state index contributed by atoms with van der Waals surface area (Å²) in [5, 5.41) is 0.765. The lowest BCUT2D eigenvalue weighted by atomic mass is 10.1. The van der Waals surface area contributed by atoms with Crippen LogP contribution in [-0.4, -0.2) is 57.5 Å². The molecular weight excluding hydrogens is 396 g/mol. The van der Waals surface area contributed by atoms with Gasteiger partial charge in [0.05, 0.1) is 0 Å². The van der Waals surface area contributed by atoms with Crippen molar-refractivity contribution in [3.63, 3.8) is 0 Å². The van der Waals surface area contributed by atoms with E-state index in [0.29, 0.717) is 12.4 Å². The number of carbonyl (C=O) groups is 2. The first-order chi connectivity index (χ1) is 14.3. The predicted molar refractivity (Wildman–Crippen MR) is 120 cm³/mol. The Labute approximate surface area is 180 Å². The number of amidine groups is 2. The van der Waals surface area contributed by atoms with Crippen molar-refractivity contribution >= 4 is 34.7 Å². The number of benzene rings is 2. The molecule has 6 nitrogen and oxygen atoms in total. The zero-order valence-corrected chi connectivity index (χ0v) is 18.4. The summed E-state index contributed by atoms with van der Waals surface area (Å²) in [6.45, 7) is 4.68. The summed E-state index contributed by atoms with van der Waals surface area (Å²) in [6.07, 6.45) is 0. The van der Waals surface area contributed by atoms with Crippen LogP contribution in [0, 0.1) is 13.8 Å². The highest BCUT2D eigenvalue weighted by atomic mass is 32.2. The van der Waals surface area contributed by atoms with Gasteiger partial charge in [-0.2, -0.15) is 0 Å². The lowest BCUT2D eigenvalue weighted by Crippen LogP contribution is -2.61. The first-order valence-corrected chi connectivity index (χ1v) is 10.8. The maximum atomic E-state index is 13.0. The molecule has 0 N–H and O–H groups in total. The summed E-state index contributed by atoms with van der Waals surface area (Å²) in [7, 11) is 3.21. The summed E-state index contributed by atoms with van der Waals surface area (Å²) in [5.41, 5.74) is 4.69. The zero-order chi connectivity index (χ0) is 21.4. The number of likely N-dealkylation sites (N-methyl/N-ethyl adjacent to an activating group) is 2. The van der Waals surface area contributed by atoms with Gasteiger partial charge >= 0.3 is 11.2 Å². The summed E-state index contributed by atoms with van der Waals surface area (Å²) in [4.78, 5) is 32.9. The molecule has 7 heteroatoms. The fraction of sp³-hybridized carbons (Fsp3) is 0.304. The van der Waals surface area contributed by atoms with Gasteiger partial charge in [0.15, 0.2) is 0 Å². The number of imide groups is 1. The Morgan fingerprint density at radius 3 is 2.27 bits per heavy atom. The molecule has 1 unspecified atom stereocenters. The molecule has 0 bridgehead atoms. The van der Waals surface area contributed by atoms with E-state index in [1.807, 2.05) is 16.7 Å². The number of urea groups is 1. The van der Waals surface area contributed by atoms with Crippen molar-refractivity contribution in [1.82, 2.24) is 9.80 Å². The highest BCUT2D eigenvalue weighted by molar-refractivity contribution is 8.13. The number of aryl methyl sites for hydroxylation is 2. The van der Waals surface area contributed by atoms with Gasteiger partial charge in [-0.3, -0.25) is 14.6 Å². The molecule has 0 saturated carbocycles. The van der Waals surface area contributed by atoms with E-state index in [4.69, 9.17) is 4.99 Å². The van der Waals surface area contributed by atoms with Crippen LogP contribution in [0.15, 0.2) is 53.5 Å². The summed E-state index contributed by atoms with van der Waals surface area (Å²) >= 11 is 1.60. The standard InChI is InChI=1S/C23H25N4O2S/c1-15-7-5-9-17(11-15)13-27-19-20(25(3)23(29)26(4)21(19)28)24-22(27)30-14-18-10-6-8-16(2)12-18/h5-12,19H,13-14H2,1-4H3/q+1. The molecule has 4 rings (SSSR count). The fourth-order valence-corrected chi connectivity index (χ4v) is 4.78. The second-order valence-corrected chi connectivity index (χ2v) is 8.73. The number of amides is 3. The molecule has 0 aliphatic carbocycles. The summed E-state index contributed by atoms with van der Waals surface area (Å²) in [5.74, 6) is 1.00. The Morgan fingerprint density at radius 2 is 1.60 bits per heavy atom. The normalized spacial score (nSPS) is 18.8. The molecule has 0 aromatic heterocycles. The predicted octanol–water partition coefficient (Wildman–Crippen LogP) is 3.41. The van der Waals surface area contributed by atoms with Gasteiger partial charge in [-0.05, 0) is 41.7 Å². The molecule has 154 valence electrons. The van der Waals surface area contributed by atoms with Crippen molar-refractivity contribution in [3.8, 4) is 0 Å². The maximum Gasteiger partial charge on any atom is 0.358 e. The Hall–Kier alpha value is -2.93. The van der Waals surface area contributed by atoms with Crippen LogP contribution in [0.25, 0.3) is 0 Å². The molecule has 0 spiro atoms. The van der Waals surface area contributed by atoms with E-state index in [1.165, 1.54) is 33.5 Å². The monoisotopic (exact) mass is 421 g/mol. The lowest BCUT2D eigenvalue weighted by Gasteiger charge is -2.30. The highest BCUT2D eigenvalue weighted by Gasteiger charge is 2.53. The maximum absolute atomic E-state index is 13.0. The Bertz CT molecular complexity index is 1090. The number of fused-ring (bicyclic) bond motifs is 1. The first-order valence-electron chi connectivity index (χ1n) is 9.86. The molecule has 2 aliphatic heterocycles. The number of hydrogen-bond acceptors (Lipinski definition) is 4. The third kappa shape index (κ3) is 3.77. The van der Waals surface area contributed by atoms with E-state index in [-0.39, 0.29) is 11.9 Å². The molecular formula is C23H25N4O2S+. The molecule has 30 heavy (non-hydrogen) atoms. The average Bonchev–Trinajstić information content (AvgIpc) is 3.07.